The van der Waals surface area contributed by atoms with E-state index in [1.165, 1.54) is 11.1 Å². The van der Waals surface area contributed by atoms with Crippen LogP contribution >= 0.6 is 0 Å². The molecule has 0 amide bonds. The van der Waals surface area contributed by atoms with Crippen LogP contribution in [0.15, 0.2) is 60.9 Å². The highest BCUT2D eigenvalue weighted by molar-refractivity contribution is 5.86. The lowest BCUT2D eigenvalue weighted by molar-refractivity contribution is 0.476. The molecule has 0 fully saturated rings. The Morgan fingerprint density at radius 3 is 1.62 bits per heavy atom. The molecule has 0 radical (unpaired) electrons. The molecule has 1 aromatic heterocycles. The van der Waals surface area contributed by atoms with Crippen LogP contribution in [0.2, 0.25) is 0 Å². The van der Waals surface area contributed by atoms with E-state index in [-0.39, 0.29) is 0 Å². The standard InChI is InChI=1S/C19H16N2O.2C2H6/c1-13-3-5-16-18(11-13)22-19-12-14(2)4-6-17(19)21(16)15-7-9-20-10-8-15;2*1-2/h3-12H,1-2H3;2*1-2H3. The first kappa shape index (κ1) is 19.5. The van der Waals surface area contributed by atoms with Crippen molar-refractivity contribution in [2.75, 3.05) is 4.90 Å². The fourth-order valence-corrected chi connectivity index (χ4v) is 2.80. The summed E-state index contributed by atoms with van der Waals surface area (Å²) in [7, 11) is 0. The fourth-order valence-electron chi connectivity index (χ4n) is 2.80. The van der Waals surface area contributed by atoms with Crippen molar-refractivity contribution in [2.24, 2.45) is 0 Å². The first-order chi connectivity index (χ1) is 12.7. The van der Waals surface area contributed by atoms with Crippen molar-refractivity contribution in [1.29, 1.82) is 0 Å². The Bertz CT molecular complexity index is 793. The van der Waals surface area contributed by atoms with Gasteiger partial charge in [-0.25, -0.2) is 0 Å². The number of aromatic nitrogens is 1. The van der Waals surface area contributed by atoms with Gasteiger partial charge in [0, 0.05) is 18.1 Å². The molecule has 136 valence electrons. The van der Waals surface area contributed by atoms with E-state index >= 15 is 0 Å². The van der Waals surface area contributed by atoms with Gasteiger partial charge in [0.2, 0.25) is 0 Å². The largest absolute Gasteiger partial charge is 0.453 e. The lowest BCUT2D eigenvalue weighted by atomic mass is 10.1. The third kappa shape index (κ3) is 3.88. The molecule has 3 heteroatoms. The van der Waals surface area contributed by atoms with Crippen molar-refractivity contribution in [3.8, 4) is 11.5 Å². The molecule has 2 heterocycles. The Hall–Kier alpha value is -2.81. The smallest absolute Gasteiger partial charge is 0.151 e. The van der Waals surface area contributed by atoms with Gasteiger partial charge in [-0.2, -0.15) is 0 Å². The first-order valence-corrected chi connectivity index (χ1v) is 9.32. The minimum absolute atomic E-state index is 0.884. The molecule has 0 saturated carbocycles. The monoisotopic (exact) mass is 348 g/mol. The highest BCUT2D eigenvalue weighted by Gasteiger charge is 2.25. The second-order valence-electron chi connectivity index (χ2n) is 5.59. The Labute approximate surface area is 157 Å². The van der Waals surface area contributed by atoms with Crippen LogP contribution in [0.25, 0.3) is 0 Å². The maximum Gasteiger partial charge on any atom is 0.151 e. The van der Waals surface area contributed by atoms with Crippen LogP contribution in [0.1, 0.15) is 38.8 Å². The van der Waals surface area contributed by atoms with Gasteiger partial charge in [-0.15, -0.1) is 0 Å². The van der Waals surface area contributed by atoms with Gasteiger partial charge in [-0.05, 0) is 61.4 Å². The highest BCUT2D eigenvalue weighted by Crippen LogP contribution is 2.50. The number of ether oxygens (including phenoxy) is 1. The molecule has 0 bridgehead atoms. The van der Waals surface area contributed by atoms with Crippen molar-refractivity contribution in [1.82, 2.24) is 4.98 Å². The van der Waals surface area contributed by atoms with E-state index in [1.807, 2.05) is 52.2 Å². The topological polar surface area (TPSA) is 25.4 Å². The molecule has 0 spiro atoms. The average molecular weight is 348 g/mol. The SMILES string of the molecule is CC.CC.Cc1ccc2c(c1)Oc1cc(C)ccc1N2c1ccncc1. The van der Waals surface area contributed by atoms with Crippen molar-refractivity contribution in [3.63, 3.8) is 0 Å². The molecule has 4 rings (SSSR count). The van der Waals surface area contributed by atoms with Crippen molar-refractivity contribution >= 4 is 17.1 Å². The zero-order valence-corrected chi connectivity index (χ0v) is 16.6. The van der Waals surface area contributed by atoms with Crippen LogP contribution in [0.4, 0.5) is 17.1 Å². The number of benzene rings is 2. The van der Waals surface area contributed by atoms with Gasteiger partial charge in [0.1, 0.15) is 0 Å². The van der Waals surface area contributed by atoms with E-state index in [1.54, 1.807) is 0 Å². The van der Waals surface area contributed by atoms with E-state index in [0.717, 1.165) is 28.6 Å². The van der Waals surface area contributed by atoms with Crippen LogP contribution < -0.4 is 9.64 Å². The molecule has 1 aliphatic heterocycles. The van der Waals surface area contributed by atoms with Gasteiger partial charge in [0.25, 0.3) is 0 Å². The zero-order chi connectivity index (χ0) is 19.1. The van der Waals surface area contributed by atoms with Crippen LogP contribution in [0.5, 0.6) is 11.5 Å². The van der Waals surface area contributed by atoms with Gasteiger partial charge in [-0.1, -0.05) is 39.8 Å². The van der Waals surface area contributed by atoms with Crippen molar-refractivity contribution in [2.45, 2.75) is 41.5 Å². The van der Waals surface area contributed by atoms with Crippen LogP contribution in [0, 0.1) is 13.8 Å². The lowest BCUT2D eigenvalue weighted by Crippen LogP contribution is -2.16. The molecule has 3 aromatic rings. The summed E-state index contributed by atoms with van der Waals surface area (Å²) < 4.78 is 6.13. The molecule has 0 N–H and O–H groups in total. The molecule has 3 nitrogen and oxygen atoms in total. The fraction of sp³-hybridized carbons (Fsp3) is 0.261. The van der Waals surface area contributed by atoms with E-state index in [0.29, 0.717) is 0 Å². The molecule has 0 aliphatic carbocycles. The highest BCUT2D eigenvalue weighted by atomic mass is 16.5. The molecular weight excluding hydrogens is 320 g/mol. The number of rotatable bonds is 1. The summed E-state index contributed by atoms with van der Waals surface area (Å²) in [5.74, 6) is 1.77. The number of hydrogen-bond donors (Lipinski definition) is 0. The summed E-state index contributed by atoms with van der Waals surface area (Å²) >= 11 is 0. The second-order valence-corrected chi connectivity index (χ2v) is 5.59. The molecule has 26 heavy (non-hydrogen) atoms. The minimum atomic E-state index is 0.884. The first-order valence-electron chi connectivity index (χ1n) is 9.32. The van der Waals surface area contributed by atoms with Gasteiger partial charge in [-0.3, -0.25) is 4.98 Å². The lowest BCUT2D eigenvalue weighted by Gasteiger charge is -2.33. The van der Waals surface area contributed by atoms with Crippen LogP contribution in [0.3, 0.4) is 0 Å². The van der Waals surface area contributed by atoms with Crippen molar-refractivity contribution < 1.29 is 4.74 Å². The van der Waals surface area contributed by atoms with Crippen molar-refractivity contribution in [3.05, 3.63) is 72.1 Å². The van der Waals surface area contributed by atoms with E-state index in [9.17, 15) is 0 Å². The molecular formula is C23H28N2O. The molecule has 0 saturated heterocycles. The van der Waals surface area contributed by atoms with E-state index in [2.05, 4.69) is 60.1 Å². The predicted molar refractivity (Wildman–Crippen MR) is 111 cm³/mol. The van der Waals surface area contributed by atoms with Gasteiger partial charge in [0.15, 0.2) is 11.5 Å². The Balaban J connectivity index is 0.000000570. The van der Waals surface area contributed by atoms with E-state index in [4.69, 9.17) is 4.74 Å². The third-order valence-electron chi connectivity index (χ3n) is 3.85. The third-order valence-corrected chi connectivity index (χ3v) is 3.85. The number of aryl methyl sites for hydroxylation is 2. The molecule has 1 aliphatic rings. The number of hydrogen-bond acceptors (Lipinski definition) is 3. The summed E-state index contributed by atoms with van der Waals surface area (Å²) in [5.41, 5.74) is 5.55. The summed E-state index contributed by atoms with van der Waals surface area (Å²) in [5, 5.41) is 0. The molecule has 0 unspecified atom stereocenters. The van der Waals surface area contributed by atoms with Gasteiger partial charge >= 0.3 is 0 Å². The Morgan fingerprint density at radius 2 is 1.15 bits per heavy atom. The average Bonchev–Trinajstić information content (AvgIpc) is 2.69. The maximum atomic E-state index is 6.13. The van der Waals surface area contributed by atoms with E-state index < -0.39 is 0 Å². The quantitative estimate of drug-likeness (QED) is 0.360. The number of nitrogens with zero attached hydrogens (tertiary/aromatic N) is 2. The van der Waals surface area contributed by atoms with Gasteiger partial charge in [0.05, 0.1) is 11.4 Å². The van der Waals surface area contributed by atoms with Crippen LogP contribution in [-0.4, -0.2) is 4.98 Å². The number of pyridine rings is 1. The molecule has 0 atom stereocenters. The summed E-state index contributed by atoms with van der Waals surface area (Å²) in [4.78, 5) is 6.34. The summed E-state index contributed by atoms with van der Waals surface area (Å²) in [6.45, 7) is 12.2. The number of fused-ring (bicyclic) bond motifs is 2. The second kappa shape index (κ2) is 9.04. The Morgan fingerprint density at radius 1 is 0.692 bits per heavy atom. The summed E-state index contributed by atoms with van der Waals surface area (Å²) in [6.07, 6.45) is 3.62. The van der Waals surface area contributed by atoms with Gasteiger partial charge < -0.3 is 9.64 Å². The molecule has 2 aromatic carbocycles. The van der Waals surface area contributed by atoms with Crippen LogP contribution in [-0.2, 0) is 0 Å². The minimum Gasteiger partial charge on any atom is -0.453 e. The Kier molecular flexibility index (Phi) is 6.79. The summed E-state index contributed by atoms with van der Waals surface area (Å²) in [6, 6.07) is 16.6. The normalized spacial score (nSPS) is 10.9. The zero-order valence-electron chi connectivity index (χ0n) is 16.6. The maximum absolute atomic E-state index is 6.13. The predicted octanol–water partition coefficient (Wildman–Crippen LogP) is 7.33. The number of anilines is 3.